The fourth-order valence-electron chi connectivity index (χ4n) is 7.54. The molecule has 4 aromatic rings. The van der Waals surface area contributed by atoms with Crippen LogP contribution in [0.1, 0.15) is 97.0 Å². The maximum atomic E-state index is 14.1. The van der Waals surface area contributed by atoms with Gasteiger partial charge >= 0.3 is 0 Å². The topological polar surface area (TPSA) is 77.0 Å². The number of aromatic nitrogens is 3. The zero-order valence-electron chi connectivity index (χ0n) is 28.3. The van der Waals surface area contributed by atoms with Crippen molar-refractivity contribution < 1.29 is 8.91 Å². The Kier molecular flexibility index (Phi) is 6.22. The summed E-state index contributed by atoms with van der Waals surface area (Å²) in [7, 11) is -2.09. The van der Waals surface area contributed by atoms with E-state index in [1.54, 1.807) is 12.3 Å². The van der Waals surface area contributed by atoms with Gasteiger partial charge in [0.05, 0.1) is 28.8 Å². The summed E-state index contributed by atoms with van der Waals surface area (Å²) in [6.07, 6.45) is 2.20. The Hall–Kier alpha value is -3.73. The maximum absolute atomic E-state index is 14.1. The monoisotopic (exact) mass is 578 g/mol. The summed E-state index contributed by atoms with van der Waals surface area (Å²) < 4.78 is 27.4. The van der Waals surface area contributed by atoms with Crippen LogP contribution in [0.15, 0.2) is 54.7 Å². The lowest BCUT2D eigenvalue weighted by Gasteiger charge is -2.38. The van der Waals surface area contributed by atoms with Gasteiger partial charge in [-0.15, -0.1) is 5.54 Å². The number of carbonyl (C=O) groups excluding carboxylic acids is 1. The Labute approximate surface area is 254 Å². The van der Waals surface area contributed by atoms with E-state index in [1.165, 1.54) is 0 Å². The summed E-state index contributed by atoms with van der Waals surface area (Å²) in [5, 5.41) is 0. The molecule has 2 aromatic carbocycles. The lowest BCUT2D eigenvalue weighted by atomic mass is 9.93. The molecule has 2 aliphatic rings. The highest BCUT2D eigenvalue weighted by Crippen LogP contribution is 2.49. The van der Waals surface area contributed by atoms with Crippen LogP contribution in [0.4, 0.5) is 0 Å². The molecule has 216 valence electrons. The fraction of sp³-hybridized carbons (Fsp3) is 0.400. The molecule has 42 heavy (non-hydrogen) atoms. The van der Waals surface area contributed by atoms with Crippen LogP contribution >= 0.6 is 0 Å². The summed E-state index contributed by atoms with van der Waals surface area (Å²) >= 11 is 0. The molecule has 7 heteroatoms. The second-order valence-electron chi connectivity index (χ2n) is 12.7. The van der Waals surface area contributed by atoms with Crippen LogP contribution in [0.5, 0.6) is 0 Å². The van der Waals surface area contributed by atoms with E-state index in [-0.39, 0.29) is 6.04 Å². The zero-order chi connectivity index (χ0) is 32.4. The molecular formula is C35H41N5OSi. The van der Waals surface area contributed by atoms with Crippen molar-refractivity contribution in [2.75, 3.05) is 6.98 Å². The van der Waals surface area contributed by atoms with E-state index in [1.807, 2.05) is 36.4 Å². The van der Waals surface area contributed by atoms with Gasteiger partial charge in [-0.05, 0) is 52.5 Å². The van der Waals surface area contributed by atoms with Gasteiger partial charge in [0.2, 0.25) is 0 Å². The van der Waals surface area contributed by atoms with Crippen molar-refractivity contribution in [2.45, 2.75) is 83.2 Å². The molecule has 2 aliphatic heterocycles. The van der Waals surface area contributed by atoms with Gasteiger partial charge in [0.1, 0.15) is 13.9 Å². The van der Waals surface area contributed by atoms with Crippen LogP contribution in [0.2, 0.25) is 16.6 Å². The van der Waals surface area contributed by atoms with Gasteiger partial charge in [-0.1, -0.05) is 65.7 Å². The number of benzene rings is 2. The van der Waals surface area contributed by atoms with Crippen LogP contribution in [0, 0.1) is 11.5 Å². The van der Waals surface area contributed by atoms with Gasteiger partial charge in [-0.25, -0.2) is 4.98 Å². The summed E-state index contributed by atoms with van der Waals surface area (Å²) in [6, 6.07) is 14.5. The first-order valence-corrected chi connectivity index (χ1v) is 17.2. The first-order chi connectivity index (χ1) is 21.3. The van der Waals surface area contributed by atoms with E-state index in [2.05, 4.69) is 68.6 Å². The Morgan fingerprint density at radius 3 is 2.45 bits per heavy atom. The van der Waals surface area contributed by atoms with Crippen molar-refractivity contribution in [3.63, 3.8) is 0 Å². The fourth-order valence-corrected chi connectivity index (χ4v) is 12.8. The van der Waals surface area contributed by atoms with Crippen molar-refractivity contribution in [2.24, 2.45) is 5.73 Å². The molecule has 0 radical (unpaired) electrons. The van der Waals surface area contributed by atoms with Crippen molar-refractivity contribution in [1.82, 2.24) is 19.4 Å². The Bertz CT molecular complexity index is 1830. The summed E-state index contributed by atoms with van der Waals surface area (Å²) in [6.45, 7) is 11.5. The van der Waals surface area contributed by atoms with E-state index in [9.17, 15) is 4.79 Å². The predicted octanol–water partition coefficient (Wildman–Crippen LogP) is 7.25. The maximum Gasteiger partial charge on any atom is 0.254 e. The van der Waals surface area contributed by atoms with Gasteiger partial charge in [-0.3, -0.25) is 9.78 Å². The Morgan fingerprint density at radius 1 is 1.05 bits per heavy atom. The number of amides is 1. The average molecular weight is 579 g/mol. The molecule has 2 atom stereocenters. The van der Waals surface area contributed by atoms with Crippen molar-refractivity contribution in [3.05, 3.63) is 82.8 Å². The van der Waals surface area contributed by atoms with E-state index in [4.69, 9.17) is 14.8 Å². The molecule has 0 saturated heterocycles. The third-order valence-corrected chi connectivity index (χ3v) is 15.9. The lowest BCUT2D eigenvalue weighted by Crippen LogP contribution is -2.43. The quantitative estimate of drug-likeness (QED) is 0.200. The Morgan fingerprint density at radius 2 is 1.81 bits per heavy atom. The van der Waals surface area contributed by atoms with Crippen LogP contribution in [-0.4, -0.2) is 40.4 Å². The lowest BCUT2D eigenvalue weighted by molar-refractivity contribution is 0.0734. The number of nitrogens with two attached hydrogens (primary N) is 1. The number of nitrogens with zero attached hydrogens (tertiary/aromatic N) is 4. The Balaban J connectivity index is 1.60. The number of pyridine rings is 1. The normalized spacial score (nSPS) is 19.3. The third-order valence-electron chi connectivity index (χ3n) is 9.61. The van der Waals surface area contributed by atoms with Gasteiger partial charge < -0.3 is 15.2 Å². The number of hydrogen-bond donors (Lipinski definition) is 1. The first kappa shape index (κ1) is 24.8. The summed E-state index contributed by atoms with van der Waals surface area (Å²) in [4.78, 5) is 24.8. The van der Waals surface area contributed by atoms with E-state index in [0.29, 0.717) is 41.0 Å². The molecule has 0 saturated carbocycles. The molecule has 0 aliphatic carbocycles. The van der Waals surface area contributed by atoms with Crippen LogP contribution in [0.25, 0.3) is 22.3 Å². The molecule has 6 nitrogen and oxygen atoms in total. The molecule has 2 N–H and O–H groups in total. The van der Waals surface area contributed by atoms with E-state index < -0.39 is 27.0 Å². The molecule has 4 heterocycles. The highest BCUT2D eigenvalue weighted by Gasteiger charge is 2.45. The highest BCUT2D eigenvalue weighted by atomic mass is 28.3. The van der Waals surface area contributed by atoms with Crippen LogP contribution in [0.3, 0.4) is 0 Å². The molecule has 2 aromatic heterocycles. The molecule has 2 bridgehead atoms. The molecule has 0 fully saturated rings. The standard InChI is InChI=1S/C35H41N5OSi/c1-21(2)42(22(3)4,23(5)6)16-15-25-9-8-10-27-33(25)31-18-32(39(7)35(27)41)34-38-29-14-12-26(17-30(29)40(31)34)28-13-11-24(19-36)20-37-28/h8-14,17,20-23,31-32H,18-19,36H2,1-7H3/t31-,32-/m1/s1/i7D3. The predicted molar refractivity (Wildman–Crippen MR) is 173 cm³/mol. The van der Waals surface area contributed by atoms with Gasteiger partial charge in [0.25, 0.3) is 5.91 Å². The molecule has 0 unspecified atom stereocenters. The van der Waals surface area contributed by atoms with Crippen LogP contribution < -0.4 is 5.73 Å². The number of imidazole rings is 1. The van der Waals surface area contributed by atoms with E-state index in [0.717, 1.165) is 43.9 Å². The van der Waals surface area contributed by atoms with Crippen LogP contribution in [-0.2, 0) is 6.54 Å². The number of hydrogen-bond acceptors (Lipinski definition) is 4. The first-order valence-electron chi connectivity index (χ1n) is 16.5. The summed E-state index contributed by atoms with van der Waals surface area (Å²) in [5.41, 5.74) is 17.3. The number of rotatable bonds is 5. The van der Waals surface area contributed by atoms with E-state index >= 15 is 0 Å². The molecule has 1 amide bonds. The van der Waals surface area contributed by atoms with Crippen molar-refractivity contribution >= 4 is 25.0 Å². The molecule has 0 spiro atoms. The van der Waals surface area contributed by atoms with Crippen molar-refractivity contribution in [1.29, 1.82) is 0 Å². The van der Waals surface area contributed by atoms with Gasteiger partial charge in [0.15, 0.2) is 0 Å². The van der Waals surface area contributed by atoms with Crippen molar-refractivity contribution in [3.8, 4) is 22.7 Å². The second-order valence-corrected chi connectivity index (χ2v) is 18.2. The zero-order valence-corrected chi connectivity index (χ0v) is 26.3. The average Bonchev–Trinajstić information content (AvgIpc) is 3.49. The molecule has 6 rings (SSSR count). The number of fused-ring (bicyclic) bond motifs is 9. The van der Waals surface area contributed by atoms with Gasteiger partial charge in [0, 0.05) is 52.5 Å². The third kappa shape index (κ3) is 4.23. The SMILES string of the molecule is [2H]C([2H])([2H])N1C(=O)c2cccc(C#C[Si](C(C)C)(C(C)C)C(C)C)c2[C@H]2C[C@@H]1c1nc3ccc(-c4ccc(CN)cn4)cc3n12. The minimum atomic E-state index is -2.64. The summed E-state index contributed by atoms with van der Waals surface area (Å²) in [5.74, 6) is 3.70. The van der Waals surface area contributed by atoms with Gasteiger partial charge in [-0.2, -0.15) is 0 Å². The minimum Gasteiger partial charge on any atom is -0.331 e. The highest BCUT2D eigenvalue weighted by molar-refractivity contribution is 6.90. The minimum absolute atomic E-state index is 0.303. The molecular weight excluding hydrogens is 535 g/mol. The number of carbonyl (C=O) groups is 1. The largest absolute Gasteiger partial charge is 0.331 e. The second kappa shape index (κ2) is 10.5. The smallest absolute Gasteiger partial charge is 0.254 e.